The molecule has 5 heteroatoms. The second-order valence-corrected chi connectivity index (χ2v) is 4.64. The number of hydrogen-bond donors (Lipinski definition) is 1. The van der Waals surface area contributed by atoms with Crippen LogP contribution in [0.1, 0.15) is 13.3 Å². The number of nitrogens with zero attached hydrogens (tertiary/aromatic N) is 1. The van der Waals surface area contributed by atoms with Crippen molar-refractivity contribution in [2.75, 3.05) is 18.1 Å². The summed E-state index contributed by atoms with van der Waals surface area (Å²) >= 11 is 4.24. The molecule has 1 unspecified atom stereocenters. The normalized spacial score (nSPS) is 19.8. The Balaban J connectivity index is 2.24. The Morgan fingerprint density at radius 2 is 2.35 bits per heavy atom. The summed E-state index contributed by atoms with van der Waals surface area (Å²) in [5, 5.41) is -0.0199. The highest BCUT2D eigenvalue weighted by Crippen LogP contribution is 2.29. The fourth-order valence-electron chi connectivity index (χ4n) is 1.88. The molecular formula is C12H14FNO2S. The van der Waals surface area contributed by atoms with Crippen molar-refractivity contribution >= 4 is 24.2 Å². The minimum absolute atomic E-state index is 0.0199. The number of carbonyl (C=O) groups is 1. The van der Waals surface area contributed by atoms with Crippen molar-refractivity contribution in [3.8, 4) is 5.75 Å². The van der Waals surface area contributed by atoms with Crippen molar-refractivity contribution in [1.29, 1.82) is 0 Å². The van der Waals surface area contributed by atoms with Gasteiger partial charge in [0.1, 0.15) is 5.75 Å². The molecule has 2 rings (SSSR count). The number of anilines is 1. The van der Waals surface area contributed by atoms with Crippen LogP contribution >= 0.6 is 12.6 Å². The molecule has 3 nitrogen and oxygen atoms in total. The van der Waals surface area contributed by atoms with Gasteiger partial charge in [0, 0.05) is 24.3 Å². The van der Waals surface area contributed by atoms with Crippen LogP contribution in [0.2, 0.25) is 0 Å². The highest BCUT2D eigenvalue weighted by Gasteiger charge is 2.29. The van der Waals surface area contributed by atoms with Crippen molar-refractivity contribution in [3.05, 3.63) is 24.0 Å². The van der Waals surface area contributed by atoms with Gasteiger partial charge in [0.25, 0.3) is 0 Å². The predicted molar refractivity (Wildman–Crippen MR) is 67.3 cm³/mol. The molecule has 1 heterocycles. The zero-order valence-electron chi connectivity index (χ0n) is 9.52. The third kappa shape index (κ3) is 2.54. The number of ether oxygens (including phenoxy) is 1. The van der Waals surface area contributed by atoms with Crippen LogP contribution in [0.5, 0.6) is 5.75 Å². The molecule has 17 heavy (non-hydrogen) atoms. The maximum atomic E-state index is 13.8. The van der Waals surface area contributed by atoms with E-state index in [1.165, 1.54) is 11.0 Å². The number of carbonyl (C=O) groups excluding carboxylic acids is 1. The Kier molecular flexibility index (Phi) is 3.57. The van der Waals surface area contributed by atoms with Crippen LogP contribution < -0.4 is 9.64 Å². The van der Waals surface area contributed by atoms with E-state index >= 15 is 0 Å². The summed E-state index contributed by atoms with van der Waals surface area (Å²) in [7, 11) is 0. The fraction of sp³-hybridized carbons (Fsp3) is 0.417. The second-order valence-electron chi connectivity index (χ2n) is 3.91. The summed E-state index contributed by atoms with van der Waals surface area (Å²) in [6.45, 7) is 2.77. The van der Waals surface area contributed by atoms with Crippen LogP contribution in [-0.4, -0.2) is 24.3 Å². The van der Waals surface area contributed by atoms with E-state index in [0.29, 0.717) is 31.0 Å². The molecule has 1 aromatic carbocycles. The quantitative estimate of drug-likeness (QED) is 0.840. The summed E-state index contributed by atoms with van der Waals surface area (Å²) in [5.74, 6) is -0.0531. The number of thiol groups is 1. The van der Waals surface area contributed by atoms with E-state index in [9.17, 15) is 9.18 Å². The minimum atomic E-state index is -0.438. The van der Waals surface area contributed by atoms with Crippen molar-refractivity contribution in [2.45, 2.75) is 18.6 Å². The smallest absolute Gasteiger partial charge is 0.228 e. The van der Waals surface area contributed by atoms with Crippen molar-refractivity contribution in [3.63, 3.8) is 0 Å². The first-order valence-electron chi connectivity index (χ1n) is 5.52. The molecule has 0 aliphatic carbocycles. The first-order chi connectivity index (χ1) is 8.11. The predicted octanol–water partition coefficient (Wildman–Crippen LogP) is 2.26. The van der Waals surface area contributed by atoms with Gasteiger partial charge in [-0.05, 0) is 19.1 Å². The number of benzene rings is 1. The van der Waals surface area contributed by atoms with E-state index in [0.717, 1.165) is 0 Å². The van der Waals surface area contributed by atoms with E-state index in [4.69, 9.17) is 4.74 Å². The Hall–Kier alpha value is -1.23. The summed E-state index contributed by atoms with van der Waals surface area (Å²) < 4.78 is 19.0. The molecule has 1 aliphatic rings. The summed E-state index contributed by atoms with van der Waals surface area (Å²) in [6, 6.07) is 4.54. The van der Waals surface area contributed by atoms with Crippen molar-refractivity contribution < 1.29 is 13.9 Å². The molecule has 1 fully saturated rings. The molecule has 1 aliphatic heterocycles. The van der Waals surface area contributed by atoms with Crippen LogP contribution in [0.3, 0.4) is 0 Å². The maximum Gasteiger partial charge on any atom is 0.228 e. The highest BCUT2D eigenvalue weighted by molar-refractivity contribution is 7.81. The number of hydrogen-bond acceptors (Lipinski definition) is 3. The van der Waals surface area contributed by atoms with E-state index in [1.807, 2.05) is 6.92 Å². The molecule has 1 atom stereocenters. The lowest BCUT2D eigenvalue weighted by Crippen LogP contribution is -2.25. The molecular weight excluding hydrogens is 241 g/mol. The third-order valence-corrected chi connectivity index (χ3v) is 2.97. The minimum Gasteiger partial charge on any atom is -0.494 e. The Morgan fingerprint density at radius 3 is 2.88 bits per heavy atom. The fourth-order valence-corrected chi connectivity index (χ4v) is 2.20. The molecule has 0 aromatic heterocycles. The van der Waals surface area contributed by atoms with Gasteiger partial charge in [0.05, 0.1) is 12.3 Å². The highest BCUT2D eigenvalue weighted by atomic mass is 32.1. The van der Waals surface area contributed by atoms with Crippen LogP contribution in [0.25, 0.3) is 0 Å². The van der Waals surface area contributed by atoms with E-state index in [2.05, 4.69) is 12.6 Å². The standard InChI is InChI=1S/C12H14FNO2S/c1-2-16-8-3-4-11(10(13)5-8)14-7-9(17)6-12(14)15/h3-5,9,17H,2,6-7H2,1H3. The molecule has 0 radical (unpaired) electrons. The number of halogens is 1. The monoisotopic (exact) mass is 255 g/mol. The Morgan fingerprint density at radius 1 is 1.59 bits per heavy atom. The van der Waals surface area contributed by atoms with Gasteiger partial charge in [0.15, 0.2) is 5.82 Å². The van der Waals surface area contributed by atoms with Gasteiger partial charge in [-0.1, -0.05) is 0 Å². The molecule has 0 saturated carbocycles. The van der Waals surface area contributed by atoms with Gasteiger partial charge in [0.2, 0.25) is 5.91 Å². The van der Waals surface area contributed by atoms with Gasteiger partial charge in [-0.15, -0.1) is 0 Å². The third-order valence-electron chi connectivity index (χ3n) is 2.63. The first-order valence-corrected chi connectivity index (χ1v) is 6.04. The lowest BCUT2D eigenvalue weighted by atomic mass is 10.2. The van der Waals surface area contributed by atoms with Crippen LogP contribution in [0, 0.1) is 5.82 Å². The Labute approximate surface area is 105 Å². The van der Waals surface area contributed by atoms with Crippen molar-refractivity contribution in [1.82, 2.24) is 0 Å². The van der Waals surface area contributed by atoms with Crippen LogP contribution in [-0.2, 0) is 4.79 Å². The Bertz CT molecular complexity index is 439. The topological polar surface area (TPSA) is 29.5 Å². The SMILES string of the molecule is CCOc1ccc(N2CC(S)CC2=O)c(F)c1. The van der Waals surface area contributed by atoms with E-state index < -0.39 is 5.82 Å². The van der Waals surface area contributed by atoms with Gasteiger partial charge in [-0.2, -0.15) is 12.6 Å². The van der Waals surface area contributed by atoms with Gasteiger partial charge < -0.3 is 9.64 Å². The largest absolute Gasteiger partial charge is 0.494 e. The molecule has 0 N–H and O–H groups in total. The average molecular weight is 255 g/mol. The molecule has 0 spiro atoms. The molecule has 1 saturated heterocycles. The van der Waals surface area contributed by atoms with Crippen LogP contribution in [0.4, 0.5) is 10.1 Å². The lowest BCUT2D eigenvalue weighted by Gasteiger charge is -2.17. The van der Waals surface area contributed by atoms with Crippen molar-refractivity contribution in [2.24, 2.45) is 0 Å². The second kappa shape index (κ2) is 4.96. The molecule has 92 valence electrons. The molecule has 1 aromatic rings. The summed E-state index contributed by atoms with van der Waals surface area (Å²) in [6.07, 6.45) is 0.357. The summed E-state index contributed by atoms with van der Waals surface area (Å²) in [5.41, 5.74) is 0.301. The molecule has 1 amide bonds. The average Bonchev–Trinajstić information content (AvgIpc) is 2.58. The van der Waals surface area contributed by atoms with Crippen LogP contribution in [0.15, 0.2) is 18.2 Å². The van der Waals surface area contributed by atoms with Gasteiger partial charge in [-0.3, -0.25) is 4.79 Å². The summed E-state index contributed by atoms with van der Waals surface area (Å²) in [4.78, 5) is 13.1. The zero-order valence-corrected chi connectivity index (χ0v) is 10.4. The molecule has 0 bridgehead atoms. The zero-order chi connectivity index (χ0) is 12.4. The van der Waals surface area contributed by atoms with E-state index in [-0.39, 0.29) is 11.2 Å². The first kappa shape index (κ1) is 12.2. The van der Waals surface area contributed by atoms with E-state index in [1.54, 1.807) is 12.1 Å². The van der Waals surface area contributed by atoms with Gasteiger partial charge in [-0.25, -0.2) is 4.39 Å². The van der Waals surface area contributed by atoms with Gasteiger partial charge >= 0.3 is 0 Å². The number of amides is 1. The maximum absolute atomic E-state index is 13.8. The lowest BCUT2D eigenvalue weighted by molar-refractivity contribution is -0.117. The number of rotatable bonds is 3.